The molecular formula is C20H20O11. The van der Waals surface area contributed by atoms with Gasteiger partial charge in [0, 0.05) is 6.07 Å². The van der Waals surface area contributed by atoms with E-state index in [4.69, 9.17) is 18.6 Å². The zero-order valence-corrected chi connectivity index (χ0v) is 16.1. The summed E-state index contributed by atoms with van der Waals surface area (Å²) < 4.78 is 21.7. The Labute approximate surface area is 173 Å². The molecule has 4 rings (SSSR count). The van der Waals surface area contributed by atoms with Crippen molar-refractivity contribution in [1.82, 2.24) is 0 Å². The van der Waals surface area contributed by atoms with Crippen LogP contribution in [0, 0.1) is 0 Å². The molecule has 2 heterocycles. The van der Waals surface area contributed by atoms with Gasteiger partial charge >= 0.3 is 0 Å². The van der Waals surface area contributed by atoms with E-state index >= 15 is 0 Å². The maximum Gasteiger partial charge on any atom is 0.229 e. The Morgan fingerprint density at radius 3 is 2.45 bits per heavy atom. The highest BCUT2D eigenvalue weighted by Gasteiger charge is 2.45. The van der Waals surface area contributed by atoms with Gasteiger partial charge in [-0.2, -0.15) is 0 Å². The van der Waals surface area contributed by atoms with Crippen LogP contribution in [0.4, 0.5) is 0 Å². The van der Waals surface area contributed by atoms with Gasteiger partial charge in [-0.25, -0.2) is 0 Å². The fourth-order valence-electron chi connectivity index (χ4n) is 3.52. The van der Waals surface area contributed by atoms with Crippen LogP contribution in [0.25, 0.3) is 21.9 Å². The molecule has 1 aliphatic heterocycles. The number of fused-ring (bicyclic) bond motifs is 2. The fraction of sp³-hybridized carbons (Fsp3) is 0.350. The largest absolute Gasteiger partial charge is 0.508 e. The summed E-state index contributed by atoms with van der Waals surface area (Å²) in [6.07, 6.45) is -7.71. The van der Waals surface area contributed by atoms with E-state index in [9.17, 15) is 35.4 Å². The molecule has 0 bridgehead atoms. The number of aromatic hydroxyl groups is 2. The van der Waals surface area contributed by atoms with Crippen molar-refractivity contribution < 1.29 is 49.3 Å². The lowest BCUT2D eigenvalue weighted by Crippen LogP contribution is -2.60. The summed E-state index contributed by atoms with van der Waals surface area (Å²) in [4.78, 5) is 12.9. The lowest BCUT2D eigenvalue weighted by molar-refractivity contribution is -0.277. The van der Waals surface area contributed by atoms with E-state index in [0.29, 0.717) is 0 Å². The Morgan fingerprint density at radius 2 is 1.77 bits per heavy atom. The second kappa shape index (κ2) is 7.87. The van der Waals surface area contributed by atoms with Gasteiger partial charge < -0.3 is 49.3 Å². The van der Waals surface area contributed by atoms with E-state index in [1.54, 1.807) is 0 Å². The molecule has 0 spiro atoms. The number of benzene rings is 2. The molecule has 0 amide bonds. The van der Waals surface area contributed by atoms with Gasteiger partial charge in [0.2, 0.25) is 17.5 Å². The average Bonchev–Trinajstić information content (AvgIpc) is 2.74. The standard InChI is InChI=1S/C20H20O11/c1-28-19-11(30-20-18(27)17(26)15(24)12(6-21)31-20)5-10-13(16(19)25)14(23)8-4-7(22)2-3-9(8)29-10/h2-5,12,15,17-18,20-22,24-27H,6H2,1H3/t12-,15-,17+,18-,20-/m1/s1. The first-order valence-electron chi connectivity index (χ1n) is 9.23. The maximum atomic E-state index is 12.9. The van der Waals surface area contributed by atoms with Crippen LogP contribution in [0.1, 0.15) is 0 Å². The van der Waals surface area contributed by atoms with Crippen molar-refractivity contribution in [2.75, 3.05) is 13.7 Å². The second-order valence-electron chi connectivity index (χ2n) is 7.06. The van der Waals surface area contributed by atoms with Crippen molar-refractivity contribution in [3.63, 3.8) is 0 Å². The first-order chi connectivity index (χ1) is 14.8. The highest BCUT2D eigenvalue weighted by atomic mass is 16.7. The summed E-state index contributed by atoms with van der Waals surface area (Å²) in [5.41, 5.74) is -0.568. The minimum absolute atomic E-state index is 0.0347. The van der Waals surface area contributed by atoms with Gasteiger partial charge in [-0.3, -0.25) is 4.79 Å². The molecular weight excluding hydrogens is 416 g/mol. The first-order valence-corrected chi connectivity index (χ1v) is 9.23. The number of hydrogen-bond acceptors (Lipinski definition) is 11. The van der Waals surface area contributed by atoms with Crippen LogP contribution >= 0.6 is 0 Å². The zero-order valence-electron chi connectivity index (χ0n) is 16.1. The molecule has 2 aromatic carbocycles. The molecule has 0 unspecified atom stereocenters. The summed E-state index contributed by atoms with van der Waals surface area (Å²) in [5, 5.41) is 59.5. The molecule has 11 heteroatoms. The Bertz CT molecular complexity index is 1190. The van der Waals surface area contributed by atoms with Gasteiger partial charge in [0.25, 0.3) is 0 Å². The van der Waals surface area contributed by atoms with E-state index in [-0.39, 0.29) is 39.2 Å². The monoisotopic (exact) mass is 436 g/mol. The molecule has 3 aromatic rings. The summed E-state index contributed by atoms with van der Waals surface area (Å²) in [5.74, 6) is -1.25. The van der Waals surface area contributed by atoms with Gasteiger partial charge in [0.15, 0.2) is 11.5 Å². The molecule has 1 aliphatic rings. The Kier molecular flexibility index (Phi) is 5.37. The summed E-state index contributed by atoms with van der Waals surface area (Å²) in [6, 6.07) is 5.13. The van der Waals surface area contributed by atoms with Gasteiger partial charge in [0.05, 0.1) is 19.1 Å². The number of aliphatic hydroxyl groups excluding tert-OH is 4. The summed E-state index contributed by atoms with van der Waals surface area (Å²) in [6.45, 7) is -0.654. The van der Waals surface area contributed by atoms with Crippen molar-refractivity contribution in [1.29, 1.82) is 0 Å². The van der Waals surface area contributed by atoms with Crippen LogP contribution in [0.3, 0.4) is 0 Å². The molecule has 0 aliphatic carbocycles. The minimum Gasteiger partial charge on any atom is -0.508 e. The number of phenols is 2. The molecule has 11 nitrogen and oxygen atoms in total. The van der Waals surface area contributed by atoms with E-state index in [1.807, 2.05) is 0 Å². The Balaban J connectivity index is 1.84. The van der Waals surface area contributed by atoms with E-state index < -0.39 is 48.5 Å². The lowest BCUT2D eigenvalue weighted by atomic mass is 9.99. The topological polar surface area (TPSA) is 179 Å². The lowest BCUT2D eigenvalue weighted by Gasteiger charge is -2.39. The van der Waals surface area contributed by atoms with Crippen LogP contribution in [0.2, 0.25) is 0 Å². The van der Waals surface area contributed by atoms with Crippen molar-refractivity contribution >= 4 is 21.9 Å². The van der Waals surface area contributed by atoms with Gasteiger partial charge in [-0.1, -0.05) is 0 Å². The molecule has 0 saturated carbocycles. The van der Waals surface area contributed by atoms with E-state index in [0.717, 1.165) is 0 Å². The number of ether oxygens (including phenoxy) is 3. The smallest absolute Gasteiger partial charge is 0.229 e. The van der Waals surface area contributed by atoms with Crippen LogP contribution in [0.15, 0.2) is 33.5 Å². The van der Waals surface area contributed by atoms with Crippen molar-refractivity contribution in [3.8, 4) is 23.0 Å². The second-order valence-corrected chi connectivity index (χ2v) is 7.06. The third-order valence-corrected chi connectivity index (χ3v) is 5.13. The number of phenolic OH excluding ortho intramolecular Hbond substituents is 2. The van der Waals surface area contributed by atoms with Crippen LogP contribution < -0.4 is 14.9 Å². The number of rotatable bonds is 4. The Hall–Kier alpha value is -3.09. The van der Waals surface area contributed by atoms with Crippen LogP contribution in [-0.4, -0.2) is 75.1 Å². The molecule has 5 atom stereocenters. The zero-order chi connectivity index (χ0) is 22.4. The molecule has 6 N–H and O–H groups in total. The Morgan fingerprint density at radius 1 is 1.03 bits per heavy atom. The first kappa shape index (κ1) is 21.2. The molecule has 1 aromatic heterocycles. The van der Waals surface area contributed by atoms with Gasteiger partial charge in [-0.05, 0) is 18.2 Å². The molecule has 1 saturated heterocycles. The highest BCUT2D eigenvalue weighted by molar-refractivity contribution is 5.96. The number of methoxy groups -OCH3 is 1. The quantitative estimate of drug-likeness (QED) is 0.292. The summed E-state index contributed by atoms with van der Waals surface area (Å²) in [7, 11) is 1.20. The molecule has 1 fully saturated rings. The number of hydrogen-bond donors (Lipinski definition) is 6. The number of aliphatic hydroxyl groups is 4. The predicted octanol–water partition coefficient (Wildman–Crippen LogP) is -0.455. The summed E-state index contributed by atoms with van der Waals surface area (Å²) >= 11 is 0. The van der Waals surface area contributed by atoms with Gasteiger partial charge in [-0.15, -0.1) is 0 Å². The third-order valence-electron chi connectivity index (χ3n) is 5.13. The van der Waals surface area contributed by atoms with Crippen molar-refractivity contribution in [3.05, 3.63) is 34.5 Å². The van der Waals surface area contributed by atoms with Crippen LogP contribution in [0.5, 0.6) is 23.0 Å². The fourth-order valence-corrected chi connectivity index (χ4v) is 3.52. The molecule has 0 radical (unpaired) electrons. The maximum absolute atomic E-state index is 12.9. The normalized spacial score (nSPS) is 26.3. The molecule has 31 heavy (non-hydrogen) atoms. The van der Waals surface area contributed by atoms with E-state index in [1.165, 1.54) is 31.4 Å². The van der Waals surface area contributed by atoms with Gasteiger partial charge in [0.1, 0.15) is 46.7 Å². The average molecular weight is 436 g/mol. The third kappa shape index (κ3) is 3.42. The van der Waals surface area contributed by atoms with E-state index in [2.05, 4.69) is 0 Å². The SMILES string of the molecule is COc1c(O[C@@H]2O[C@H](CO)[C@@H](O)[C@H](O)[C@H]2O)cc2oc3ccc(O)cc3c(=O)c2c1O. The van der Waals surface area contributed by atoms with Crippen molar-refractivity contribution in [2.45, 2.75) is 30.7 Å². The predicted molar refractivity (Wildman–Crippen MR) is 104 cm³/mol. The van der Waals surface area contributed by atoms with Crippen molar-refractivity contribution in [2.24, 2.45) is 0 Å². The van der Waals surface area contributed by atoms with Crippen LogP contribution in [-0.2, 0) is 4.74 Å². The minimum atomic E-state index is -1.70. The highest BCUT2D eigenvalue weighted by Crippen LogP contribution is 2.43. The molecule has 166 valence electrons.